The Balaban J connectivity index is 1.46. The van der Waals surface area contributed by atoms with E-state index in [1.807, 2.05) is 42.5 Å². The van der Waals surface area contributed by atoms with Crippen LogP contribution in [0.25, 0.3) is 0 Å². The van der Waals surface area contributed by atoms with Gasteiger partial charge >= 0.3 is 0 Å². The molecule has 3 aromatic carbocycles. The van der Waals surface area contributed by atoms with Crippen molar-refractivity contribution in [2.24, 2.45) is 0 Å². The lowest BCUT2D eigenvalue weighted by molar-refractivity contribution is -0.123. The topological polar surface area (TPSA) is 67.4 Å². The van der Waals surface area contributed by atoms with Gasteiger partial charge in [0.05, 0.1) is 6.04 Å². The lowest BCUT2D eigenvalue weighted by Gasteiger charge is -2.21. The second-order valence-corrected chi connectivity index (χ2v) is 7.91. The fourth-order valence-corrected chi connectivity index (χ4v) is 3.75. The minimum Gasteiger partial charge on any atom is -0.484 e. The van der Waals surface area contributed by atoms with Gasteiger partial charge in [0.1, 0.15) is 5.75 Å². The SMILES string of the molecule is Cc1ccc(C(NC(=O)COc2ccc3c(c2)CCC(=O)N3)c2ccccc2)cc1C. The average Bonchev–Trinajstić information content (AvgIpc) is 2.78. The van der Waals surface area contributed by atoms with Gasteiger partial charge in [-0.25, -0.2) is 0 Å². The zero-order valence-corrected chi connectivity index (χ0v) is 17.8. The van der Waals surface area contributed by atoms with Crippen LogP contribution in [0.4, 0.5) is 5.69 Å². The van der Waals surface area contributed by atoms with E-state index in [1.165, 1.54) is 11.1 Å². The zero-order chi connectivity index (χ0) is 21.8. The Hall–Kier alpha value is -3.60. The van der Waals surface area contributed by atoms with E-state index in [0.717, 1.165) is 22.4 Å². The van der Waals surface area contributed by atoms with E-state index in [0.29, 0.717) is 18.6 Å². The molecule has 0 fully saturated rings. The van der Waals surface area contributed by atoms with Gasteiger partial charge in [-0.3, -0.25) is 9.59 Å². The van der Waals surface area contributed by atoms with Crippen LogP contribution in [0.2, 0.25) is 0 Å². The molecule has 4 rings (SSSR count). The van der Waals surface area contributed by atoms with Crippen LogP contribution in [0.15, 0.2) is 66.7 Å². The van der Waals surface area contributed by atoms with Gasteiger partial charge in [-0.15, -0.1) is 0 Å². The molecular formula is C26H26N2O3. The maximum Gasteiger partial charge on any atom is 0.258 e. The van der Waals surface area contributed by atoms with Gasteiger partial charge in [0.2, 0.25) is 5.91 Å². The molecule has 0 spiro atoms. The smallest absolute Gasteiger partial charge is 0.258 e. The monoisotopic (exact) mass is 414 g/mol. The van der Waals surface area contributed by atoms with Crippen molar-refractivity contribution < 1.29 is 14.3 Å². The third kappa shape index (κ3) is 4.94. The van der Waals surface area contributed by atoms with Crippen LogP contribution >= 0.6 is 0 Å². The highest BCUT2D eigenvalue weighted by Crippen LogP contribution is 2.27. The number of hydrogen-bond donors (Lipinski definition) is 2. The van der Waals surface area contributed by atoms with Crippen LogP contribution in [-0.2, 0) is 16.0 Å². The first-order valence-corrected chi connectivity index (χ1v) is 10.5. The summed E-state index contributed by atoms with van der Waals surface area (Å²) in [5.74, 6) is 0.449. The third-order valence-corrected chi connectivity index (χ3v) is 5.64. The van der Waals surface area contributed by atoms with Crippen molar-refractivity contribution in [3.8, 4) is 5.75 Å². The Morgan fingerprint density at radius 3 is 2.55 bits per heavy atom. The zero-order valence-electron chi connectivity index (χ0n) is 17.8. The third-order valence-electron chi connectivity index (χ3n) is 5.64. The van der Waals surface area contributed by atoms with E-state index in [-0.39, 0.29) is 24.5 Å². The number of carbonyl (C=O) groups excluding carboxylic acids is 2. The van der Waals surface area contributed by atoms with Crippen molar-refractivity contribution in [3.63, 3.8) is 0 Å². The Bertz CT molecular complexity index is 1110. The number of fused-ring (bicyclic) bond motifs is 1. The molecule has 1 atom stereocenters. The lowest BCUT2D eigenvalue weighted by atomic mass is 9.95. The van der Waals surface area contributed by atoms with Gasteiger partial charge in [0, 0.05) is 12.1 Å². The van der Waals surface area contributed by atoms with E-state index in [1.54, 1.807) is 6.07 Å². The maximum atomic E-state index is 12.8. The quantitative estimate of drug-likeness (QED) is 0.625. The summed E-state index contributed by atoms with van der Waals surface area (Å²) < 4.78 is 5.75. The van der Waals surface area contributed by atoms with Gasteiger partial charge in [-0.1, -0.05) is 48.5 Å². The summed E-state index contributed by atoms with van der Waals surface area (Å²) in [5.41, 5.74) is 6.29. The van der Waals surface area contributed by atoms with E-state index < -0.39 is 0 Å². The lowest BCUT2D eigenvalue weighted by Crippen LogP contribution is -2.33. The summed E-state index contributed by atoms with van der Waals surface area (Å²) in [6, 6.07) is 21.4. The Labute approximate surface area is 182 Å². The molecule has 1 heterocycles. The average molecular weight is 415 g/mol. The highest BCUT2D eigenvalue weighted by molar-refractivity contribution is 5.94. The number of rotatable bonds is 6. The van der Waals surface area contributed by atoms with E-state index in [4.69, 9.17) is 4.74 Å². The second-order valence-electron chi connectivity index (χ2n) is 7.91. The fourth-order valence-electron chi connectivity index (χ4n) is 3.75. The molecule has 158 valence electrons. The molecule has 0 aromatic heterocycles. The first kappa shape index (κ1) is 20.7. The molecule has 3 aromatic rings. The first-order valence-electron chi connectivity index (χ1n) is 10.5. The molecule has 2 N–H and O–H groups in total. The van der Waals surface area contributed by atoms with Crippen molar-refractivity contribution in [2.45, 2.75) is 32.7 Å². The summed E-state index contributed by atoms with van der Waals surface area (Å²) >= 11 is 0. The molecule has 1 aliphatic heterocycles. The number of ether oxygens (including phenoxy) is 1. The summed E-state index contributed by atoms with van der Waals surface area (Å²) in [6.07, 6.45) is 1.14. The number of nitrogens with one attached hydrogen (secondary N) is 2. The minimum absolute atomic E-state index is 0.0267. The van der Waals surface area contributed by atoms with Gasteiger partial charge in [-0.05, 0) is 66.3 Å². The molecule has 31 heavy (non-hydrogen) atoms. The number of benzene rings is 3. The highest BCUT2D eigenvalue weighted by atomic mass is 16.5. The first-order chi connectivity index (χ1) is 15.0. The summed E-state index contributed by atoms with van der Waals surface area (Å²) in [4.78, 5) is 24.3. The summed E-state index contributed by atoms with van der Waals surface area (Å²) in [6.45, 7) is 4.07. The Morgan fingerprint density at radius 1 is 0.968 bits per heavy atom. The van der Waals surface area contributed by atoms with E-state index in [2.05, 4.69) is 42.7 Å². The van der Waals surface area contributed by atoms with Crippen LogP contribution in [0, 0.1) is 13.8 Å². The fraction of sp³-hybridized carbons (Fsp3) is 0.231. The van der Waals surface area contributed by atoms with Crippen molar-refractivity contribution in [2.75, 3.05) is 11.9 Å². The van der Waals surface area contributed by atoms with Gasteiger partial charge in [0.15, 0.2) is 6.61 Å². The Kier molecular flexibility index (Phi) is 6.03. The van der Waals surface area contributed by atoms with Crippen LogP contribution < -0.4 is 15.4 Å². The predicted octanol–water partition coefficient (Wildman–Crippen LogP) is 4.47. The van der Waals surface area contributed by atoms with E-state index >= 15 is 0 Å². The maximum absolute atomic E-state index is 12.8. The van der Waals surface area contributed by atoms with Gasteiger partial charge in [-0.2, -0.15) is 0 Å². The van der Waals surface area contributed by atoms with Gasteiger partial charge < -0.3 is 15.4 Å². The minimum atomic E-state index is -0.254. The number of hydrogen-bond acceptors (Lipinski definition) is 3. The second kappa shape index (κ2) is 9.04. The van der Waals surface area contributed by atoms with Crippen LogP contribution in [0.5, 0.6) is 5.75 Å². The van der Waals surface area contributed by atoms with Crippen LogP contribution in [0.3, 0.4) is 0 Å². The molecular weight excluding hydrogens is 388 g/mol. The molecule has 0 saturated carbocycles. The van der Waals surface area contributed by atoms with Crippen LogP contribution in [0.1, 0.15) is 40.3 Å². The number of amides is 2. The number of carbonyl (C=O) groups is 2. The number of anilines is 1. The summed E-state index contributed by atoms with van der Waals surface area (Å²) in [7, 11) is 0. The number of aryl methyl sites for hydroxylation is 3. The predicted molar refractivity (Wildman–Crippen MR) is 121 cm³/mol. The molecule has 2 amide bonds. The van der Waals surface area contributed by atoms with Crippen molar-refractivity contribution in [3.05, 3.63) is 94.5 Å². The molecule has 0 radical (unpaired) electrons. The van der Waals surface area contributed by atoms with Gasteiger partial charge in [0.25, 0.3) is 5.91 Å². The molecule has 0 saturated heterocycles. The highest BCUT2D eigenvalue weighted by Gasteiger charge is 2.19. The normalized spacial score (nSPS) is 13.7. The standard InChI is InChI=1S/C26H26N2O3/c1-17-8-9-21(14-18(17)2)26(19-6-4-3-5-7-19)28-25(30)16-31-22-11-12-23-20(15-22)10-13-24(29)27-23/h3-9,11-12,14-15,26H,10,13,16H2,1-2H3,(H,27,29)(H,28,30). The van der Waals surface area contributed by atoms with E-state index in [9.17, 15) is 9.59 Å². The summed E-state index contributed by atoms with van der Waals surface area (Å²) in [5, 5.41) is 5.96. The molecule has 0 bridgehead atoms. The molecule has 1 aliphatic rings. The van der Waals surface area contributed by atoms with Crippen molar-refractivity contribution in [1.29, 1.82) is 0 Å². The molecule has 5 nitrogen and oxygen atoms in total. The van der Waals surface area contributed by atoms with Crippen molar-refractivity contribution in [1.82, 2.24) is 5.32 Å². The van der Waals surface area contributed by atoms with Crippen molar-refractivity contribution >= 4 is 17.5 Å². The molecule has 0 aliphatic carbocycles. The van der Waals surface area contributed by atoms with Crippen LogP contribution in [-0.4, -0.2) is 18.4 Å². The molecule has 1 unspecified atom stereocenters. The Morgan fingerprint density at radius 2 is 1.77 bits per heavy atom. The largest absolute Gasteiger partial charge is 0.484 e. The molecule has 5 heteroatoms.